The smallest absolute Gasteiger partial charge is 0.251 e. The first kappa shape index (κ1) is 23.8. The molecule has 2 aliphatic rings. The third-order valence-electron chi connectivity index (χ3n) is 6.55. The third kappa shape index (κ3) is 6.84. The molecular weight excluding hydrogens is 430 g/mol. The van der Waals surface area contributed by atoms with Crippen LogP contribution < -0.4 is 5.32 Å². The first-order valence-electron chi connectivity index (χ1n) is 12.3. The maximum atomic E-state index is 12.6. The summed E-state index contributed by atoms with van der Waals surface area (Å²) in [4.78, 5) is 29.5. The quantitative estimate of drug-likeness (QED) is 0.554. The number of hydrogen-bond acceptors (Lipinski definition) is 4. The van der Waals surface area contributed by atoms with Gasteiger partial charge < -0.3 is 15.1 Å². The largest absolute Gasteiger partial charge is 0.352 e. The summed E-state index contributed by atoms with van der Waals surface area (Å²) in [5.41, 5.74) is 3.00. The van der Waals surface area contributed by atoms with Crippen LogP contribution in [0.4, 0.5) is 0 Å². The zero-order valence-electron chi connectivity index (χ0n) is 19.4. The zero-order chi connectivity index (χ0) is 22.9. The molecule has 0 unspecified atom stereocenters. The van der Waals surface area contributed by atoms with Crippen molar-refractivity contribution in [1.29, 1.82) is 0 Å². The first-order chi connectivity index (χ1) is 16.2. The van der Waals surface area contributed by atoms with Crippen molar-refractivity contribution < 1.29 is 9.59 Å². The summed E-state index contributed by atoms with van der Waals surface area (Å²) in [6.07, 6.45) is 7.13. The lowest BCUT2D eigenvalue weighted by Gasteiger charge is -2.24. The van der Waals surface area contributed by atoms with Gasteiger partial charge in [-0.2, -0.15) is 0 Å². The van der Waals surface area contributed by atoms with Gasteiger partial charge in [0.05, 0.1) is 5.75 Å². The third-order valence-corrected chi connectivity index (χ3v) is 7.80. The number of likely N-dealkylation sites (tertiary alicyclic amines) is 1. The minimum Gasteiger partial charge on any atom is -0.352 e. The van der Waals surface area contributed by atoms with Crippen molar-refractivity contribution in [2.45, 2.75) is 43.9 Å². The Labute approximate surface area is 201 Å². The van der Waals surface area contributed by atoms with Gasteiger partial charge in [-0.15, -0.1) is 11.8 Å². The Kier molecular flexibility index (Phi) is 8.84. The van der Waals surface area contributed by atoms with Crippen LogP contribution in [0, 0.1) is 0 Å². The topological polar surface area (TPSA) is 52.7 Å². The van der Waals surface area contributed by atoms with Crippen LogP contribution in [0.1, 0.15) is 59.0 Å². The normalized spacial score (nSPS) is 19.5. The number of thioether (sulfide) groups is 1. The summed E-state index contributed by atoms with van der Waals surface area (Å²) in [6, 6.07) is 18.1. The Hall–Kier alpha value is -2.31. The predicted molar refractivity (Wildman–Crippen MR) is 135 cm³/mol. The predicted octanol–water partition coefficient (Wildman–Crippen LogP) is 4.50. The van der Waals surface area contributed by atoms with Crippen LogP contribution in [-0.2, 0) is 11.2 Å². The molecule has 2 aromatic carbocycles. The van der Waals surface area contributed by atoms with Crippen molar-refractivity contribution in [1.82, 2.24) is 15.1 Å². The van der Waals surface area contributed by atoms with E-state index in [1.54, 1.807) is 11.8 Å². The highest BCUT2D eigenvalue weighted by atomic mass is 32.2. The molecule has 2 aliphatic heterocycles. The first-order valence-corrected chi connectivity index (χ1v) is 13.3. The lowest BCUT2D eigenvalue weighted by molar-refractivity contribution is -0.128. The van der Waals surface area contributed by atoms with Gasteiger partial charge in [-0.3, -0.25) is 9.59 Å². The molecule has 33 heavy (non-hydrogen) atoms. The molecule has 6 heteroatoms. The van der Waals surface area contributed by atoms with Crippen LogP contribution in [0.3, 0.4) is 0 Å². The van der Waals surface area contributed by atoms with Gasteiger partial charge in [-0.1, -0.05) is 55.3 Å². The second kappa shape index (κ2) is 12.2. The van der Waals surface area contributed by atoms with Gasteiger partial charge in [0.15, 0.2) is 0 Å². The highest BCUT2D eigenvalue weighted by Gasteiger charge is 2.32. The molecule has 1 N–H and O–H groups in total. The van der Waals surface area contributed by atoms with E-state index in [-0.39, 0.29) is 17.2 Å². The second-order valence-corrected chi connectivity index (χ2v) is 10.0. The SMILES string of the molecule is O=C(NCCCN1CCCCCC1)c1ccc([C@@H]2SCC(=O)N2CCc2ccccc2)cc1. The van der Waals surface area contributed by atoms with E-state index in [9.17, 15) is 9.59 Å². The van der Waals surface area contributed by atoms with Gasteiger partial charge in [-0.05, 0) is 68.6 Å². The lowest BCUT2D eigenvalue weighted by Crippen LogP contribution is -2.31. The number of nitrogens with zero attached hydrogens (tertiary/aromatic N) is 2. The van der Waals surface area contributed by atoms with E-state index in [1.807, 2.05) is 47.4 Å². The second-order valence-electron chi connectivity index (χ2n) is 8.97. The molecule has 2 aromatic rings. The number of carbonyl (C=O) groups is 2. The van der Waals surface area contributed by atoms with E-state index < -0.39 is 0 Å². The Bertz CT molecular complexity index is 895. The van der Waals surface area contributed by atoms with Gasteiger partial charge in [0, 0.05) is 18.7 Å². The summed E-state index contributed by atoms with van der Waals surface area (Å²) in [5.74, 6) is 0.680. The zero-order valence-corrected chi connectivity index (χ0v) is 20.2. The minimum atomic E-state index is -0.0199. The summed E-state index contributed by atoms with van der Waals surface area (Å²) in [5, 5.41) is 3.08. The molecule has 4 rings (SSSR count). The molecule has 1 atom stereocenters. The molecular formula is C27H35N3O2S. The fraction of sp³-hybridized carbons (Fsp3) is 0.481. The standard InChI is InChI=1S/C27H35N3O2S/c31-25-21-33-27(30(25)20-15-22-9-4-3-5-10-22)24-13-11-23(12-14-24)26(32)28-16-8-19-29-17-6-1-2-7-18-29/h3-5,9-14,27H,1-2,6-8,15-21H2,(H,28,32)/t27-/m0/s1. The monoisotopic (exact) mass is 465 g/mol. The number of rotatable bonds is 9. The molecule has 0 radical (unpaired) electrons. The fourth-order valence-electron chi connectivity index (χ4n) is 4.63. The Balaban J connectivity index is 1.25. The van der Waals surface area contributed by atoms with Crippen molar-refractivity contribution >= 4 is 23.6 Å². The van der Waals surface area contributed by atoms with E-state index in [1.165, 1.54) is 44.3 Å². The van der Waals surface area contributed by atoms with Crippen LogP contribution >= 0.6 is 11.8 Å². The van der Waals surface area contributed by atoms with Crippen molar-refractivity contribution in [3.8, 4) is 0 Å². The summed E-state index contributed by atoms with van der Waals surface area (Å²) in [6.45, 7) is 4.86. The maximum Gasteiger partial charge on any atom is 0.251 e. The lowest BCUT2D eigenvalue weighted by atomic mass is 10.1. The van der Waals surface area contributed by atoms with E-state index >= 15 is 0 Å². The molecule has 2 amide bonds. The molecule has 2 heterocycles. The average molecular weight is 466 g/mol. The van der Waals surface area contributed by atoms with Gasteiger partial charge in [-0.25, -0.2) is 0 Å². The maximum absolute atomic E-state index is 12.6. The average Bonchev–Trinajstić information content (AvgIpc) is 3.04. The van der Waals surface area contributed by atoms with Crippen molar-refractivity contribution in [2.75, 3.05) is 38.5 Å². The number of nitrogens with one attached hydrogen (secondary N) is 1. The highest BCUT2D eigenvalue weighted by Crippen LogP contribution is 2.38. The van der Waals surface area contributed by atoms with Crippen LogP contribution in [0.5, 0.6) is 0 Å². The van der Waals surface area contributed by atoms with Gasteiger partial charge in [0.2, 0.25) is 5.91 Å². The Morgan fingerprint density at radius 3 is 2.39 bits per heavy atom. The Morgan fingerprint density at radius 2 is 1.67 bits per heavy atom. The van der Waals surface area contributed by atoms with E-state index in [4.69, 9.17) is 0 Å². The van der Waals surface area contributed by atoms with E-state index in [2.05, 4.69) is 22.3 Å². The highest BCUT2D eigenvalue weighted by molar-refractivity contribution is 8.00. The van der Waals surface area contributed by atoms with Crippen LogP contribution in [-0.4, -0.2) is 60.1 Å². The minimum absolute atomic E-state index is 0.0199. The number of hydrogen-bond donors (Lipinski definition) is 1. The van der Waals surface area contributed by atoms with Crippen LogP contribution in [0.2, 0.25) is 0 Å². The number of carbonyl (C=O) groups excluding carboxylic acids is 2. The van der Waals surface area contributed by atoms with Crippen molar-refractivity contribution in [3.63, 3.8) is 0 Å². The molecule has 0 spiro atoms. The molecule has 0 aliphatic carbocycles. The van der Waals surface area contributed by atoms with Gasteiger partial charge in [0.1, 0.15) is 5.37 Å². The van der Waals surface area contributed by atoms with E-state index in [0.29, 0.717) is 24.4 Å². The summed E-state index contributed by atoms with van der Waals surface area (Å²) in [7, 11) is 0. The molecule has 0 aromatic heterocycles. The summed E-state index contributed by atoms with van der Waals surface area (Å²) < 4.78 is 0. The van der Waals surface area contributed by atoms with Gasteiger partial charge in [0.25, 0.3) is 5.91 Å². The fourth-order valence-corrected chi connectivity index (χ4v) is 5.85. The van der Waals surface area contributed by atoms with Crippen molar-refractivity contribution in [2.24, 2.45) is 0 Å². The molecule has 2 fully saturated rings. The van der Waals surface area contributed by atoms with Crippen LogP contribution in [0.25, 0.3) is 0 Å². The molecule has 0 bridgehead atoms. The molecule has 5 nitrogen and oxygen atoms in total. The van der Waals surface area contributed by atoms with Gasteiger partial charge >= 0.3 is 0 Å². The van der Waals surface area contributed by atoms with E-state index in [0.717, 1.165) is 24.9 Å². The summed E-state index contributed by atoms with van der Waals surface area (Å²) >= 11 is 1.66. The van der Waals surface area contributed by atoms with Crippen LogP contribution in [0.15, 0.2) is 54.6 Å². The molecule has 0 saturated carbocycles. The Morgan fingerprint density at radius 1 is 0.939 bits per heavy atom. The van der Waals surface area contributed by atoms with Crippen molar-refractivity contribution in [3.05, 3.63) is 71.3 Å². The number of amides is 2. The molecule has 2 saturated heterocycles. The number of benzene rings is 2. The molecule has 176 valence electrons.